The predicted octanol–water partition coefficient (Wildman–Crippen LogP) is 4.56. The van der Waals surface area contributed by atoms with Gasteiger partial charge in [0.05, 0.1) is 5.56 Å². The Labute approximate surface area is 99.5 Å². The highest BCUT2D eigenvalue weighted by Gasteiger charge is 2.14. The summed E-state index contributed by atoms with van der Waals surface area (Å²) in [5.74, 6) is -3.98. The minimum Gasteiger partial charge on any atom is -0.207 e. The number of hydrogen-bond donors (Lipinski definition) is 0. The number of halogens is 5. The van der Waals surface area contributed by atoms with Gasteiger partial charge in [-0.1, -0.05) is 11.6 Å². The molecule has 0 bridgehead atoms. The van der Waals surface area contributed by atoms with Gasteiger partial charge in [0, 0.05) is 17.2 Å². The van der Waals surface area contributed by atoms with E-state index >= 15 is 0 Å². The maximum atomic E-state index is 13.4. The maximum Gasteiger partial charge on any atom is 0.136 e. The van der Waals surface area contributed by atoms with Crippen LogP contribution >= 0.6 is 11.6 Å². The summed E-state index contributed by atoms with van der Waals surface area (Å²) in [5.41, 5.74) is -0.585. The van der Waals surface area contributed by atoms with Crippen LogP contribution in [-0.2, 0) is 0 Å². The zero-order valence-electron chi connectivity index (χ0n) is 8.28. The summed E-state index contributed by atoms with van der Waals surface area (Å²) in [6.07, 6.45) is 0. The second-order valence-corrected chi connectivity index (χ2v) is 3.84. The predicted molar refractivity (Wildman–Crippen MR) is 56.7 cm³/mol. The average Bonchev–Trinajstić information content (AvgIpc) is 2.13. The third-order valence-corrected chi connectivity index (χ3v) is 2.38. The Balaban J connectivity index is 2.68. The number of hydrogen-bond acceptors (Lipinski definition) is 0. The highest BCUT2D eigenvalue weighted by atomic mass is 35.5. The van der Waals surface area contributed by atoms with Crippen molar-refractivity contribution in [2.75, 3.05) is 0 Å². The molecule has 0 amide bonds. The average molecular weight is 261 g/mol. The SMILES string of the molecule is Fc1cc(Cl)cc(-c2c(F)cc(F)cc2F)c1. The van der Waals surface area contributed by atoms with Crippen molar-refractivity contribution in [2.24, 2.45) is 0 Å². The van der Waals surface area contributed by atoms with Gasteiger partial charge in [0.2, 0.25) is 0 Å². The zero-order valence-corrected chi connectivity index (χ0v) is 9.03. The molecule has 88 valence electrons. The van der Waals surface area contributed by atoms with Gasteiger partial charge >= 0.3 is 0 Å². The van der Waals surface area contributed by atoms with E-state index < -0.39 is 28.8 Å². The van der Waals surface area contributed by atoms with Crippen LogP contribution in [0.25, 0.3) is 11.1 Å². The van der Waals surface area contributed by atoms with E-state index in [0.717, 1.165) is 12.1 Å². The lowest BCUT2D eigenvalue weighted by Crippen LogP contribution is -1.93. The zero-order chi connectivity index (χ0) is 12.6. The Bertz CT molecular complexity index is 537. The van der Waals surface area contributed by atoms with E-state index in [-0.39, 0.29) is 10.6 Å². The molecule has 0 saturated heterocycles. The van der Waals surface area contributed by atoms with Gasteiger partial charge in [0.25, 0.3) is 0 Å². The van der Waals surface area contributed by atoms with Crippen molar-refractivity contribution in [1.82, 2.24) is 0 Å². The topological polar surface area (TPSA) is 0 Å². The van der Waals surface area contributed by atoms with Crippen molar-refractivity contribution in [3.63, 3.8) is 0 Å². The van der Waals surface area contributed by atoms with Crippen LogP contribution < -0.4 is 0 Å². The normalized spacial score (nSPS) is 10.6. The van der Waals surface area contributed by atoms with Gasteiger partial charge < -0.3 is 0 Å². The molecule has 0 heterocycles. The van der Waals surface area contributed by atoms with Gasteiger partial charge in [-0.25, -0.2) is 17.6 Å². The summed E-state index contributed by atoms with van der Waals surface area (Å²) < 4.78 is 52.6. The molecule has 17 heavy (non-hydrogen) atoms. The van der Waals surface area contributed by atoms with E-state index in [1.54, 1.807) is 0 Å². The summed E-state index contributed by atoms with van der Waals surface area (Å²) in [7, 11) is 0. The molecule has 0 nitrogen and oxygen atoms in total. The molecule has 0 unspecified atom stereocenters. The maximum absolute atomic E-state index is 13.4. The molecular weight excluding hydrogens is 256 g/mol. The fraction of sp³-hybridized carbons (Fsp3) is 0. The van der Waals surface area contributed by atoms with Gasteiger partial charge in [-0.15, -0.1) is 0 Å². The van der Waals surface area contributed by atoms with Crippen LogP contribution in [0, 0.1) is 23.3 Å². The van der Waals surface area contributed by atoms with E-state index in [0.29, 0.717) is 12.1 Å². The van der Waals surface area contributed by atoms with Gasteiger partial charge in [-0.05, 0) is 23.8 Å². The monoisotopic (exact) mass is 260 g/mol. The van der Waals surface area contributed by atoms with Gasteiger partial charge in [0.15, 0.2) is 0 Å². The second-order valence-electron chi connectivity index (χ2n) is 3.40. The van der Waals surface area contributed by atoms with E-state index in [1.165, 1.54) is 6.07 Å². The Morgan fingerprint density at radius 3 is 1.76 bits per heavy atom. The lowest BCUT2D eigenvalue weighted by molar-refractivity contribution is 0.548. The smallest absolute Gasteiger partial charge is 0.136 e. The first-order chi connectivity index (χ1) is 7.97. The molecule has 0 aliphatic rings. The van der Waals surface area contributed by atoms with Crippen molar-refractivity contribution in [3.05, 3.63) is 58.6 Å². The molecule has 2 aromatic rings. The van der Waals surface area contributed by atoms with Crippen molar-refractivity contribution in [1.29, 1.82) is 0 Å². The molecule has 0 radical (unpaired) electrons. The first-order valence-corrected chi connectivity index (χ1v) is 4.96. The van der Waals surface area contributed by atoms with Crippen molar-refractivity contribution in [3.8, 4) is 11.1 Å². The Morgan fingerprint density at radius 1 is 0.706 bits per heavy atom. The standard InChI is InChI=1S/C12H5ClF4/c13-7-1-6(2-8(14)3-7)12-10(16)4-9(15)5-11(12)17/h1-5H. The van der Waals surface area contributed by atoms with Crippen LogP contribution in [0.4, 0.5) is 17.6 Å². The van der Waals surface area contributed by atoms with Crippen LogP contribution in [0.15, 0.2) is 30.3 Å². The lowest BCUT2D eigenvalue weighted by Gasteiger charge is -2.06. The van der Waals surface area contributed by atoms with Crippen LogP contribution in [0.1, 0.15) is 0 Å². The van der Waals surface area contributed by atoms with E-state index in [2.05, 4.69) is 0 Å². The molecule has 0 aliphatic carbocycles. The minimum atomic E-state index is -1.11. The van der Waals surface area contributed by atoms with Crippen molar-refractivity contribution in [2.45, 2.75) is 0 Å². The van der Waals surface area contributed by atoms with Crippen LogP contribution in [0.2, 0.25) is 5.02 Å². The highest BCUT2D eigenvalue weighted by molar-refractivity contribution is 6.30. The summed E-state index contributed by atoms with van der Waals surface area (Å²) in [6.45, 7) is 0. The van der Waals surface area contributed by atoms with Crippen molar-refractivity contribution < 1.29 is 17.6 Å². The Kier molecular flexibility index (Phi) is 3.07. The first kappa shape index (κ1) is 11.9. The molecule has 0 aliphatic heterocycles. The summed E-state index contributed by atoms with van der Waals surface area (Å²) >= 11 is 5.58. The molecule has 0 saturated carbocycles. The molecule has 2 aromatic carbocycles. The second kappa shape index (κ2) is 4.37. The molecule has 0 fully saturated rings. The fourth-order valence-electron chi connectivity index (χ4n) is 1.52. The summed E-state index contributed by atoms with van der Waals surface area (Å²) in [4.78, 5) is 0. The first-order valence-electron chi connectivity index (χ1n) is 4.58. The third-order valence-electron chi connectivity index (χ3n) is 2.16. The molecule has 0 N–H and O–H groups in total. The quantitative estimate of drug-likeness (QED) is 0.659. The molecular formula is C12H5ClF4. The largest absolute Gasteiger partial charge is 0.207 e. The lowest BCUT2D eigenvalue weighted by atomic mass is 10.0. The van der Waals surface area contributed by atoms with Crippen molar-refractivity contribution >= 4 is 11.6 Å². The molecule has 0 atom stereocenters. The molecule has 5 heteroatoms. The molecule has 0 aromatic heterocycles. The van der Waals surface area contributed by atoms with Gasteiger partial charge in [-0.3, -0.25) is 0 Å². The molecule has 0 spiro atoms. The van der Waals surface area contributed by atoms with Crippen LogP contribution in [0.5, 0.6) is 0 Å². The Morgan fingerprint density at radius 2 is 1.24 bits per heavy atom. The molecule has 2 rings (SSSR count). The van der Waals surface area contributed by atoms with E-state index in [4.69, 9.17) is 11.6 Å². The highest BCUT2D eigenvalue weighted by Crippen LogP contribution is 2.29. The van der Waals surface area contributed by atoms with Gasteiger partial charge in [0.1, 0.15) is 23.3 Å². The van der Waals surface area contributed by atoms with E-state index in [1.807, 2.05) is 0 Å². The summed E-state index contributed by atoms with van der Waals surface area (Å²) in [6, 6.07) is 4.17. The third kappa shape index (κ3) is 2.42. The van der Waals surface area contributed by atoms with Crippen LogP contribution in [0.3, 0.4) is 0 Å². The van der Waals surface area contributed by atoms with Gasteiger partial charge in [-0.2, -0.15) is 0 Å². The number of rotatable bonds is 1. The summed E-state index contributed by atoms with van der Waals surface area (Å²) in [5, 5.41) is 0.00289. The minimum absolute atomic E-state index is 0.00289. The van der Waals surface area contributed by atoms with Crippen LogP contribution in [-0.4, -0.2) is 0 Å². The Hall–Kier alpha value is -1.55. The van der Waals surface area contributed by atoms with E-state index in [9.17, 15) is 17.6 Å². The fourth-order valence-corrected chi connectivity index (χ4v) is 1.74. The number of benzene rings is 2.